The second-order valence-corrected chi connectivity index (χ2v) is 7.81. The number of halogens is 1. The van der Waals surface area contributed by atoms with Gasteiger partial charge >= 0.3 is 0 Å². The van der Waals surface area contributed by atoms with Crippen molar-refractivity contribution < 1.29 is 12.8 Å². The highest BCUT2D eigenvalue weighted by Crippen LogP contribution is 2.31. The van der Waals surface area contributed by atoms with E-state index in [1.807, 2.05) is 27.7 Å². The SMILES string of the molecule is Cc1oc(C)c(S(=O)(=O)N(CC(C)C)C(C)C)c1CCl. The summed E-state index contributed by atoms with van der Waals surface area (Å²) in [5, 5.41) is 0. The molecule has 0 spiro atoms. The van der Waals surface area contributed by atoms with Gasteiger partial charge in [-0.2, -0.15) is 4.31 Å². The van der Waals surface area contributed by atoms with Gasteiger partial charge in [0, 0.05) is 18.2 Å². The van der Waals surface area contributed by atoms with Crippen molar-refractivity contribution in [2.75, 3.05) is 6.54 Å². The van der Waals surface area contributed by atoms with Crippen molar-refractivity contribution in [3.05, 3.63) is 17.1 Å². The molecule has 0 atom stereocenters. The van der Waals surface area contributed by atoms with E-state index in [1.165, 1.54) is 4.31 Å². The van der Waals surface area contributed by atoms with Crippen molar-refractivity contribution >= 4 is 21.6 Å². The summed E-state index contributed by atoms with van der Waals surface area (Å²) in [4.78, 5) is 0.236. The van der Waals surface area contributed by atoms with Crippen LogP contribution in [0, 0.1) is 19.8 Å². The molecule has 0 aromatic carbocycles. The Morgan fingerprint density at radius 1 is 1.15 bits per heavy atom. The molecule has 0 N–H and O–H groups in total. The van der Waals surface area contributed by atoms with Crippen LogP contribution in [0.25, 0.3) is 0 Å². The summed E-state index contributed by atoms with van der Waals surface area (Å²) < 4.78 is 32.8. The van der Waals surface area contributed by atoms with Crippen molar-refractivity contribution in [3.63, 3.8) is 0 Å². The van der Waals surface area contributed by atoms with Crippen LogP contribution in [0.2, 0.25) is 0 Å². The van der Waals surface area contributed by atoms with E-state index in [2.05, 4.69) is 0 Å². The molecule has 6 heteroatoms. The Morgan fingerprint density at radius 3 is 2.10 bits per heavy atom. The van der Waals surface area contributed by atoms with Gasteiger partial charge in [-0.05, 0) is 33.6 Å². The van der Waals surface area contributed by atoms with Crippen LogP contribution >= 0.6 is 11.6 Å². The lowest BCUT2D eigenvalue weighted by Crippen LogP contribution is -2.39. The summed E-state index contributed by atoms with van der Waals surface area (Å²) in [6.45, 7) is 11.6. The highest BCUT2D eigenvalue weighted by atomic mass is 35.5. The summed E-state index contributed by atoms with van der Waals surface area (Å²) in [5.74, 6) is 1.36. The molecule has 0 saturated carbocycles. The largest absolute Gasteiger partial charge is 0.465 e. The molecule has 116 valence electrons. The van der Waals surface area contributed by atoms with Crippen molar-refractivity contribution in [1.29, 1.82) is 0 Å². The number of hydrogen-bond donors (Lipinski definition) is 0. The van der Waals surface area contributed by atoms with Crippen molar-refractivity contribution in [1.82, 2.24) is 4.31 Å². The minimum atomic E-state index is -3.59. The van der Waals surface area contributed by atoms with Gasteiger partial charge in [0.1, 0.15) is 16.4 Å². The fourth-order valence-corrected chi connectivity index (χ4v) is 4.88. The quantitative estimate of drug-likeness (QED) is 0.751. The summed E-state index contributed by atoms with van der Waals surface area (Å²) >= 11 is 5.90. The molecule has 0 aliphatic rings. The molecule has 1 aromatic heterocycles. The number of aryl methyl sites for hydroxylation is 2. The van der Waals surface area contributed by atoms with E-state index < -0.39 is 10.0 Å². The Labute approximate surface area is 127 Å². The number of furan rings is 1. The number of sulfonamides is 1. The normalized spacial score (nSPS) is 12.9. The number of nitrogens with zero attached hydrogens (tertiary/aromatic N) is 1. The Kier molecular flexibility index (Phi) is 5.70. The molecule has 0 aliphatic heterocycles. The number of rotatable bonds is 6. The van der Waals surface area contributed by atoms with Crippen molar-refractivity contribution in [3.8, 4) is 0 Å². The third-order valence-corrected chi connectivity index (χ3v) is 5.65. The van der Waals surface area contributed by atoms with Gasteiger partial charge < -0.3 is 4.42 Å². The Hall–Kier alpha value is -0.520. The standard InChI is InChI=1S/C14H24ClNO3S/c1-9(2)8-16(10(3)4)20(17,18)14-12(6)19-11(5)13(14)7-15/h9-10H,7-8H2,1-6H3. The van der Waals surface area contributed by atoms with Gasteiger partial charge in [0.25, 0.3) is 0 Å². The van der Waals surface area contributed by atoms with E-state index >= 15 is 0 Å². The smallest absolute Gasteiger partial charge is 0.247 e. The maximum Gasteiger partial charge on any atom is 0.247 e. The molecule has 0 aliphatic carbocycles. The van der Waals surface area contributed by atoms with Gasteiger partial charge in [-0.3, -0.25) is 0 Å². The van der Waals surface area contributed by atoms with Crippen LogP contribution in [0.15, 0.2) is 9.31 Å². The third-order valence-electron chi connectivity index (χ3n) is 3.15. The van der Waals surface area contributed by atoms with Crippen molar-refractivity contribution in [2.24, 2.45) is 5.92 Å². The minimum absolute atomic E-state index is 0.111. The van der Waals surface area contributed by atoms with Gasteiger partial charge in [-0.1, -0.05) is 13.8 Å². The van der Waals surface area contributed by atoms with Gasteiger partial charge in [0.2, 0.25) is 10.0 Å². The average molecular weight is 322 g/mol. The third kappa shape index (κ3) is 3.38. The second kappa shape index (κ2) is 6.50. The zero-order valence-corrected chi connectivity index (χ0v) is 14.6. The van der Waals surface area contributed by atoms with Crippen LogP contribution in [0.1, 0.15) is 44.8 Å². The van der Waals surface area contributed by atoms with E-state index in [0.717, 1.165) is 0 Å². The van der Waals surface area contributed by atoms with Crippen LogP contribution in [0.5, 0.6) is 0 Å². The lowest BCUT2D eigenvalue weighted by Gasteiger charge is -2.27. The lowest BCUT2D eigenvalue weighted by atomic mass is 10.2. The first kappa shape index (κ1) is 17.5. The molecule has 0 saturated heterocycles. The maximum absolute atomic E-state index is 12.9. The van der Waals surface area contributed by atoms with Crippen LogP contribution in [0.4, 0.5) is 0 Å². The van der Waals surface area contributed by atoms with E-state index in [0.29, 0.717) is 23.6 Å². The molecule has 1 rings (SSSR count). The average Bonchev–Trinajstić information content (AvgIpc) is 2.60. The zero-order valence-electron chi connectivity index (χ0n) is 13.0. The van der Waals surface area contributed by atoms with Crippen LogP contribution < -0.4 is 0 Å². The van der Waals surface area contributed by atoms with Gasteiger partial charge in [-0.15, -0.1) is 11.6 Å². The summed E-state index contributed by atoms with van der Waals surface area (Å²) in [6.07, 6.45) is 0. The summed E-state index contributed by atoms with van der Waals surface area (Å²) in [7, 11) is -3.59. The minimum Gasteiger partial charge on any atom is -0.465 e. The predicted molar refractivity (Wildman–Crippen MR) is 81.6 cm³/mol. The maximum atomic E-state index is 12.9. The van der Waals surface area contributed by atoms with E-state index in [9.17, 15) is 8.42 Å². The van der Waals surface area contributed by atoms with E-state index in [4.69, 9.17) is 16.0 Å². The Morgan fingerprint density at radius 2 is 1.70 bits per heavy atom. The van der Waals surface area contributed by atoms with Crippen molar-refractivity contribution in [2.45, 2.75) is 58.4 Å². The van der Waals surface area contributed by atoms with E-state index in [-0.39, 0.29) is 22.7 Å². The molecule has 0 unspecified atom stereocenters. The highest BCUT2D eigenvalue weighted by molar-refractivity contribution is 7.89. The predicted octanol–water partition coefficient (Wildman–Crippen LogP) is 3.69. The highest BCUT2D eigenvalue weighted by Gasteiger charge is 2.33. The summed E-state index contributed by atoms with van der Waals surface area (Å²) in [5.41, 5.74) is 0.568. The molecule has 1 aromatic rings. The first-order valence-corrected chi connectivity index (χ1v) is 8.77. The van der Waals surface area contributed by atoms with Crippen LogP contribution in [-0.2, 0) is 15.9 Å². The molecular weight excluding hydrogens is 298 g/mol. The Balaban J connectivity index is 3.41. The topological polar surface area (TPSA) is 50.5 Å². The molecular formula is C14H24ClNO3S. The monoisotopic (exact) mass is 321 g/mol. The molecule has 20 heavy (non-hydrogen) atoms. The molecule has 4 nitrogen and oxygen atoms in total. The fraction of sp³-hybridized carbons (Fsp3) is 0.714. The number of hydrogen-bond acceptors (Lipinski definition) is 3. The lowest BCUT2D eigenvalue weighted by molar-refractivity contribution is 0.318. The van der Waals surface area contributed by atoms with E-state index in [1.54, 1.807) is 13.8 Å². The zero-order chi connectivity index (χ0) is 15.7. The molecule has 0 amide bonds. The second-order valence-electron chi connectivity index (χ2n) is 5.72. The van der Waals surface area contributed by atoms with Gasteiger partial charge in [0.05, 0.1) is 5.88 Å². The fourth-order valence-electron chi connectivity index (χ4n) is 2.27. The molecule has 0 radical (unpaired) electrons. The first-order chi connectivity index (χ1) is 9.12. The number of alkyl halides is 1. The molecule has 0 bridgehead atoms. The van der Waals surface area contributed by atoms with Crippen LogP contribution in [-0.4, -0.2) is 25.3 Å². The molecule has 0 fully saturated rings. The summed E-state index contributed by atoms with van der Waals surface area (Å²) in [6, 6.07) is -0.111. The van der Waals surface area contributed by atoms with Gasteiger partial charge in [-0.25, -0.2) is 8.42 Å². The Bertz CT molecular complexity index is 561. The van der Waals surface area contributed by atoms with Gasteiger partial charge in [0.15, 0.2) is 0 Å². The van der Waals surface area contributed by atoms with Crippen LogP contribution in [0.3, 0.4) is 0 Å². The first-order valence-electron chi connectivity index (χ1n) is 6.79. The molecule has 1 heterocycles.